The van der Waals surface area contributed by atoms with E-state index < -0.39 is 0 Å². The van der Waals surface area contributed by atoms with Crippen LogP contribution in [0.15, 0.2) is 11.4 Å². The van der Waals surface area contributed by atoms with Gasteiger partial charge in [-0.05, 0) is 77.7 Å². The fraction of sp³-hybridized carbons (Fsp3) is 0.864. The molecule has 318 valence electrons. The van der Waals surface area contributed by atoms with Gasteiger partial charge >= 0.3 is 11.9 Å². The first-order chi connectivity index (χ1) is 26.1. The van der Waals surface area contributed by atoms with Crippen molar-refractivity contribution in [2.75, 3.05) is 32.8 Å². The van der Waals surface area contributed by atoms with Crippen molar-refractivity contribution < 1.29 is 28.7 Å². The summed E-state index contributed by atoms with van der Waals surface area (Å²) in [4.78, 5) is 49.3. The lowest BCUT2D eigenvalue weighted by atomic mass is 9.94. The maximum absolute atomic E-state index is 12.8. The number of rotatable bonds is 35. The van der Waals surface area contributed by atoms with E-state index in [4.69, 9.17) is 15.2 Å². The predicted octanol–water partition coefficient (Wildman–Crippen LogP) is 9.79. The van der Waals surface area contributed by atoms with Crippen LogP contribution in [0.3, 0.4) is 0 Å². The summed E-state index contributed by atoms with van der Waals surface area (Å²) >= 11 is 0. The Balaban J connectivity index is 0. The minimum Gasteiger partial charge on any atom is -0.465 e. The molecule has 2 atom stereocenters. The molecular weight excluding hydrogens is 681 g/mol. The number of carbonyl (C=O) groups is 4. The van der Waals surface area contributed by atoms with E-state index >= 15 is 0 Å². The number of hydrogen-bond acceptors (Lipinski definition) is 8. The van der Waals surface area contributed by atoms with Gasteiger partial charge in [0.2, 0.25) is 11.8 Å². The van der Waals surface area contributed by atoms with Gasteiger partial charge in [-0.1, -0.05) is 124 Å². The molecule has 0 rings (SSSR count). The Morgan fingerprint density at radius 1 is 0.500 bits per heavy atom. The van der Waals surface area contributed by atoms with Gasteiger partial charge in [0.15, 0.2) is 0 Å². The number of allylic oxidation sites excluding steroid dienone is 1. The highest BCUT2D eigenvalue weighted by Gasteiger charge is 2.20. The van der Waals surface area contributed by atoms with Crippen LogP contribution in [0.5, 0.6) is 0 Å². The average molecular weight is 767 g/mol. The summed E-state index contributed by atoms with van der Waals surface area (Å²) in [6.45, 7) is 16.8. The molecule has 0 saturated heterocycles. The molecule has 0 aromatic heterocycles. The Morgan fingerprint density at radius 2 is 0.963 bits per heavy atom. The zero-order valence-electron chi connectivity index (χ0n) is 36.2. The SMILES string of the molecule is CCCCCCCCC(CCCCCC)C(=O)OCCCCCCNC(=O)CNC(=O)CCCOC(=O)C(CCC)CCCCC.CCNC(N)=C(C)C. The van der Waals surface area contributed by atoms with E-state index in [1.807, 2.05) is 20.8 Å². The molecule has 0 aliphatic heterocycles. The zero-order valence-corrected chi connectivity index (χ0v) is 36.2. The van der Waals surface area contributed by atoms with Gasteiger partial charge in [-0.25, -0.2) is 0 Å². The van der Waals surface area contributed by atoms with Gasteiger partial charge < -0.3 is 31.2 Å². The summed E-state index contributed by atoms with van der Waals surface area (Å²) in [5.41, 5.74) is 6.64. The second-order valence-electron chi connectivity index (χ2n) is 15.0. The lowest BCUT2D eigenvalue weighted by Gasteiger charge is -2.16. The quantitative estimate of drug-likeness (QED) is 0.0368. The van der Waals surface area contributed by atoms with E-state index in [1.165, 1.54) is 51.4 Å². The molecule has 0 heterocycles. The van der Waals surface area contributed by atoms with Crippen molar-refractivity contribution in [2.24, 2.45) is 17.6 Å². The maximum atomic E-state index is 12.8. The second-order valence-corrected chi connectivity index (χ2v) is 15.0. The minimum atomic E-state index is -0.219. The summed E-state index contributed by atoms with van der Waals surface area (Å²) in [5, 5.41) is 8.49. The van der Waals surface area contributed by atoms with Crippen molar-refractivity contribution >= 4 is 23.8 Å². The van der Waals surface area contributed by atoms with Gasteiger partial charge in [0.05, 0.1) is 37.4 Å². The number of amides is 2. The van der Waals surface area contributed by atoms with Crippen LogP contribution in [-0.4, -0.2) is 56.6 Å². The van der Waals surface area contributed by atoms with Crippen molar-refractivity contribution in [2.45, 2.75) is 203 Å². The second kappa shape index (κ2) is 39.9. The number of hydrogen-bond donors (Lipinski definition) is 4. The molecule has 10 nitrogen and oxygen atoms in total. The number of esters is 2. The third-order valence-corrected chi connectivity index (χ3v) is 9.55. The van der Waals surface area contributed by atoms with Crippen LogP contribution in [-0.2, 0) is 28.7 Å². The first-order valence-electron chi connectivity index (χ1n) is 22.1. The summed E-state index contributed by atoms with van der Waals surface area (Å²) in [6.07, 6.45) is 24.2. The van der Waals surface area contributed by atoms with Crippen molar-refractivity contribution in [3.8, 4) is 0 Å². The topological polar surface area (TPSA) is 149 Å². The molecule has 0 radical (unpaired) electrons. The fourth-order valence-corrected chi connectivity index (χ4v) is 6.06. The third kappa shape index (κ3) is 35.0. The molecule has 0 aromatic carbocycles. The van der Waals surface area contributed by atoms with Crippen molar-refractivity contribution in [3.63, 3.8) is 0 Å². The van der Waals surface area contributed by atoms with E-state index in [9.17, 15) is 19.2 Å². The summed E-state index contributed by atoms with van der Waals surface area (Å²) in [6, 6.07) is 0. The lowest BCUT2D eigenvalue weighted by molar-refractivity contribution is -0.150. The molecular formula is C44H86N4O6. The molecule has 0 aromatic rings. The molecule has 54 heavy (non-hydrogen) atoms. The summed E-state index contributed by atoms with van der Waals surface area (Å²) in [5.74, 6) is 0.196. The van der Waals surface area contributed by atoms with Crippen LogP contribution in [0.4, 0.5) is 0 Å². The number of carbonyl (C=O) groups excluding carboxylic acids is 4. The summed E-state index contributed by atoms with van der Waals surface area (Å²) in [7, 11) is 0. The largest absolute Gasteiger partial charge is 0.465 e. The van der Waals surface area contributed by atoms with Crippen LogP contribution in [0.1, 0.15) is 203 Å². The van der Waals surface area contributed by atoms with E-state index in [-0.39, 0.29) is 55.2 Å². The van der Waals surface area contributed by atoms with E-state index in [2.05, 4.69) is 43.6 Å². The molecule has 0 bridgehead atoms. The first kappa shape index (κ1) is 53.3. The Kier molecular flexibility index (Phi) is 39.4. The van der Waals surface area contributed by atoms with Crippen molar-refractivity contribution in [1.29, 1.82) is 0 Å². The molecule has 0 spiro atoms. The van der Waals surface area contributed by atoms with E-state index in [1.54, 1.807) is 0 Å². The van der Waals surface area contributed by atoms with Gasteiger partial charge in [0.25, 0.3) is 0 Å². The maximum Gasteiger partial charge on any atom is 0.308 e. The Morgan fingerprint density at radius 3 is 1.50 bits per heavy atom. The highest BCUT2D eigenvalue weighted by atomic mass is 16.5. The highest BCUT2D eigenvalue weighted by Crippen LogP contribution is 2.21. The highest BCUT2D eigenvalue weighted by molar-refractivity contribution is 5.84. The molecule has 2 amide bonds. The molecule has 5 N–H and O–H groups in total. The smallest absolute Gasteiger partial charge is 0.308 e. The number of nitrogens with one attached hydrogen (secondary N) is 3. The molecule has 0 saturated carbocycles. The van der Waals surface area contributed by atoms with Crippen LogP contribution >= 0.6 is 0 Å². The molecule has 2 unspecified atom stereocenters. The Bertz CT molecular complexity index is 953. The number of nitrogens with two attached hydrogens (primary N) is 1. The van der Waals surface area contributed by atoms with Gasteiger partial charge in [-0.2, -0.15) is 0 Å². The predicted molar refractivity (Wildman–Crippen MR) is 225 cm³/mol. The standard InChI is InChI=1S/C38H72N2O6.C6H14N2/c1-5-9-12-14-15-20-27-34(26-19-13-10-6-2)38(44)45-30-22-17-16-21-29-39-36(42)32-40-35(41)28-23-31-46-37(43)33(24-8-4)25-18-11-7-3;1-4-8-6(7)5(2)3/h33-34H,5-32H2,1-4H3,(H,39,42)(H,40,41);8H,4,7H2,1-3H3. The summed E-state index contributed by atoms with van der Waals surface area (Å²) < 4.78 is 11.1. The van der Waals surface area contributed by atoms with Crippen LogP contribution in [0, 0.1) is 11.8 Å². The van der Waals surface area contributed by atoms with E-state index in [0.717, 1.165) is 108 Å². The first-order valence-corrected chi connectivity index (χ1v) is 22.1. The van der Waals surface area contributed by atoms with Gasteiger partial charge in [-0.15, -0.1) is 0 Å². The zero-order chi connectivity index (χ0) is 40.7. The normalized spacial score (nSPS) is 11.8. The van der Waals surface area contributed by atoms with Gasteiger partial charge in [0, 0.05) is 19.5 Å². The Labute approximate surface area is 332 Å². The minimum absolute atomic E-state index is 0.0150. The monoisotopic (exact) mass is 767 g/mol. The Hall–Kier alpha value is -2.78. The van der Waals surface area contributed by atoms with Crippen molar-refractivity contribution in [1.82, 2.24) is 16.0 Å². The van der Waals surface area contributed by atoms with Crippen LogP contribution in [0.2, 0.25) is 0 Å². The molecule has 10 heteroatoms. The fourth-order valence-electron chi connectivity index (χ4n) is 6.06. The molecule has 0 aliphatic carbocycles. The number of ether oxygens (including phenoxy) is 2. The van der Waals surface area contributed by atoms with Gasteiger partial charge in [-0.3, -0.25) is 19.2 Å². The van der Waals surface area contributed by atoms with Crippen LogP contribution in [0.25, 0.3) is 0 Å². The third-order valence-electron chi connectivity index (χ3n) is 9.55. The lowest BCUT2D eigenvalue weighted by Crippen LogP contribution is -2.37. The van der Waals surface area contributed by atoms with Crippen LogP contribution < -0.4 is 21.7 Å². The average Bonchev–Trinajstić information content (AvgIpc) is 3.15. The van der Waals surface area contributed by atoms with Crippen molar-refractivity contribution in [3.05, 3.63) is 11.4 Å². The molecule has 0 aliphatic rings. The van der Waals surface area contributed by atoms with Gasteiger partial charge in [0.1, 0.15) is 0 Å². The molecule has 0 fully saturated rings. The number of unbranched alkanes of at least 4 members (excludes halogenated alkanes) is 13. The van der Waals surface area contributed by atoms with E-state index in [0.29, 0.717) is 19.6 Å².